The van der Waals surface area contributed by atoms with Crippen molar-refractivity contribution in [3.8, 4) is 78.4 Å². The Balaban J connectivity index is 0.934. The zero-order valence-corrected chi connectivity index (χ0v) is 38.5. The van der Waals surface area contributed by atoms with Gasteiger partial charge < -0.3 is 4.74 Å². The van der Waals surface area contributed by atoms with E-state index in [-0.39, 0.29) is 6.04 Å². The third-order valence-electron chi connectivity index (χ3n) is 13.7. The Bertz CT molecular complexity index is 3600. The molecule has 0 amide bonds. The summed E-state index contributed by atoms with van der Waals surface area (Å²) in [6, 6.07) is 75.9. The van der Waals surface area contributed by atoms with Crippen molar-refractivity contribution in [1.82, 2.24) is 9.97 Å². The van der Waals surface area contributed by atoms with E-state index in [0.717, 1.165) is 56.9 Å². The minimum atomic E-state index is -0.583. The third kappa shape index (κ3) is 7.66. The molecule has 4 heteroatoms. The van der Waals surface area contributed by atoms with Gasteiger partial charge >= 0.3 is 0 Å². The maximum atomic E-state index is 6.46. The van der Waals surface area contributed by atoms with Crippen molar-refractivity contribution in [2.24, 2.45) is 4.99 Å². The Morgan fingerprint density at radius 2 is 1.06 bits per heavy atom. The van der Waals surface area contributed by atoms with Crippen molar-refractivity contribution in [1.29, 1.82) is 0 Å². The van der Waals surface area contributed by atoms with Crippen molar-refractivity contribution in [2.45, 2.75) is 17.9 Å². The maximum absolute atomic E-state index is 6.46. The Morgan fingerprint density at radius 1 is 0.486 bits per heavy atom. The van der Waals surface area contributed by atoms with Gasteiger partial charge in [0, 0.05) is 22.8 Å². The summed E-state index contributed by atoms with van der Waals surface area (Å²) in [4.78, 5) is 15.3. The van der Waals surface area contributed by atoms with Crippen LogP contribution in [0.15, 0.2) is 278 Å². The smallest absolute Gasteiger partial charge is 0.215 e. The van der Waals surface area contributed by atoms with Gasteiger partial charge in [0.15, 0.2) is 5.82 Å². The van der Waals surface area contributed by atoms with Gasteiger partial charge in [0.25, 0.3) is 0 Å². The number of hydrogen-bond acceptors (Lipinski definition) is 4. The highest BCUT2D eigenvalue weighted by molar-refractivity contribution is 5.97. The van der Waals surface area contributed by atoms with Gasteiger partial charge in [-0.1, -0.05) is 231 Å². The summed E-state index contributed by atoms with van der Waals surface area (Å²) in [5.74, 6) is 2.19. The van der Waals surface area contributed by atoms with Crippen LogP contribution in [0, 0.1) is 0 Å². The van der Waals surface area contributed by atoms with E-state index in [9.17, 15) is 0 Å². The molecule has 2 aliphatic carbocycles. The van der Waals surface area contributed by atoms with Crippen molar-refractivity contribution in [3.63, 3.8) is 0 Å². The first-order valence-corrected chi connectivity index (χ1v) is 23.9. The number of nitrogens with zero attached hydrogens (tertiary/aromatic N) is 3. The van der Waals surface area contributed by atoms with Crippen molar-refractivity contribution in [3.05, 3.63) is 289 Å². The lowest BCUT2D eigenvalue weighted by Crippen LogP contribution is -2.30. The first kappa shape index (κ1) is 42.4. The topological polar surface area (TPSA) is 47.4 Å². The summed E-state index contributed by atoms with van der Waals surface area (Å²) >= 11 is 0. The fourth-order valence-corrected chi connectivity index (χ4v) is 10.5. The second-order valence-electron chi connectivity index (χ2n) is 17.8. The molecule has 0 N–H and O–H groups in total. The summed E-state index contributed by atoms with van der Waals surface area (Å²) in [5, 5.41) is 0. The van der Waals surface area contributed by atoms with Crippen LogP contribution in [0.4, 0.5) is 0 Å². The van der Waals surface area contributed by atoms with Crippen molar-refractivity contribution >= 4 is 5.90 Å². The van der Waals surface area contributed by atoms with Gasteiger partial charge in [0.05, 0.1) is 16.8 Å². The zero-order chi connectivity index (χ0) is 46.9. The summed E-state index contributed by atoms with van der Waals surface area (Å²) in [7, 11) is 0. The number of ether oxygens (including phenoxy) is 1. The lowest BCUT2D eigenvalue weighted by atomic mass is 9.66. The Labute approximate surface area is 409 Å². The van der Waals surface area contributed by atoms with Gasteiger partial charge in [-0.05, 0) is 97.5 Å². The zero-order valence-electron chi connectivity index (χ0n) is 38.5. The first-order chi connectivity index (χ1) is 34.6. The van der Waals surface area contributed by atoms with E-state index in [0.29, 0.717) is 11.7 Å². The van der Waals surface area contributed by atoms with Gasteiger partial charge in [-0.2, -0.15) is 0 Å². The van der Waals surface area contributed by atoms with E-state index in [1.54, 1.807) is 6.08 Å². The molecule has 4 nitrogen and oxygen atoms in total. The van der Waals surface area contributed by atoms with Crippen LogP contribution < -0.4 is 0 Å². The number of rotatable bonds is 11. The molecule has 70 heavy (non-hydrogen) atoms. The van der Waals surface area contributed by atoms with E-state index in [1.165, 1.54) is 50.1 Å². The maximum Gasteiger partial charge on any atom is 0.215 e. The van der Waals surface area contributed by atoms with Gasteiger partial charge in [-0.25, -0.2) is 15.0 Å². The number of aliphatic imine (C=N–C) groups is 1. The summed E-state index contributed by atoms with van der Waals surface area (Å²) < 4.78 is 6.46. The minimum Gasteiger partial charge on any atom is -0.441 e. The molecular formula is C66H47N3O. The van der Waals surface area contributed by atoms with E-state index in [2.05, 4.69) is 207 Å². The quantitative estimate of drug-likeness (QED) is 0.122. The fraction of sp³-hybridized carbons (Fsp3) is 0.0455. The summed E-state index contributed by atoms with van der Waals surface area (Å²) in [5.41, 5.74) is 18.5. The van der Waals surface area contributed by atoms with Crippen LogP contribution in [0.3, 0.4) is 0 Å². The van der Waals surface area contributed by atoms with Gasteiger partial charge in [0.1, 0.15) is 11.8 Å². The van der Waals surface area contributed by atoms with Gasteiger partial charge in [-0.15, -0.1) is 0 Å². The average Bonchev–Trinajstić information content (AvgIpc) is 3.99. The molecule has 12 rings (SSSR count). The average molecular weight is 898 g/mol. The fourth-order valence-electron chi connectivity index (χ4n) is 10.5. The molecule has 0 fully saturated rings. The third-order valence-corrected chi connectivity index (χ3v) is 13.7. The molecule has 8 aromatic carbocycles. The predicted octanol–water partition coefficient (Wildman–Crippen LogP) is 16.1. The van der Waals surface area contributed by atoms with Crippen LogP contribution in [-0.4, -0.2) is 21.9 Å². The lowest BCUT2D eigenvalue weighted by molar-refractivity contribution is 0.412. The minimum absolute atomic E-state index is 0.0526. The highest BCUT2D eigenvalue weighted by Crippen LogP contribution is 2.59. The highest BCUT2D eigenvalue weighted by atomic mass is 16.5. The number of aromatic nitrogens is 2. The first-order valence-electron chi connectivity index (χ1n) is 23.9. The lowest BCUT2D eigenvalue weighted by Gasteiger charge is -2.36. The number of allylic oxidation sites excluding steroid dienone is 6. The normalized spacial score (nSPS) is 16.7. The predicted molar refractivity (Wildman–Crippen MR) is 288 cm³/mol. The van der Waals surface area contributed by atoms with E-state index < -0.39 is 5.41 Å². The monoisotopic (exact) mass is 897 g/mol. The molecule has 2 heterocycles. The molecule has 2 atom stereocenters. The summed E-state index contributed by atoms with van der Waals surface area (Å²) in [6.45, 7) is 3.77. The largest absolute Gasteiger partial charge is 0.441 e. The number of benzene rings is 8. The molecule has 332 valence electrons. The van der Waals surface area contributed by atoms with Crippen LogP contribution in [0.25, 0.3) is 78.4 Å². The molecule has 2 unspecified atom stereocenters. The molecule has 9 aromatic rings. The van der Waals surface area contributed by atoms with Crippen molar-refractivity contribution < 1.29 is 4.74 Å². The molecular weight excluding hydrogens is 851 g/mol. The summed E-state index contributed by atoms with van der Waals surface area (Å²) in [6.07, 6.45) is 14.8. The molecule has 0 radical (unpaired) electrons. The molecule has 1 aliphatic heterocycles. The molecule has 0 saturated carbocycles. The standard InChI is InChI=1S/C66H47N3O/c1-2-3-4-14-34-63-67-59-40-39-54(43-62(59)70-63)66(53-28-12-7-13-29-53)57-32-16-15-30-56(57)64-55(31-19-33-58(64)66)51-26-17-24-49(41-51)50-25-18-27-52(42-50)61-44-60(68-65(69-61)48-22-10-6-11-23-48)47-37-35-46(36-38-47)45-20-8-5-9-21-45/h2-39,41-44,59H,1,40H2/b4-3-,34-14+. The van der Waals surface area contributed by atoms with E-state index in [4.69, 9.17) is 19.7 Å². The van der Waals surface area contributed by atoms with Crippen LogP contribution in [-0.2, 0) is 10.2 Å². The SMILES string of the molecule is C=C/C=C\C=C\C1=NC2CC=C(C3(c4ccccc4)c4ccccc4-c4c(-c5cccc(-c6cccc(-c7cc(-c8ccc(-c9ccccc9)cc8)nc(-c8ccccc8)n7)c6)c5)cccc43)C=C2O1. The van der Waals surface area contributed by atoms with E-state index in [1.807, 2.05) is 48.6 Å². The second-order valence-corrected chi connectivity index (χ2v) is 17.8. The highest BCUT2D eigenvalue weighted by Gasteiger charge is 2.48. The Kier molecular flexibility index (Phi) is 11.0. The molecule has 0 saturated heterocycles. The van der Waals surface area contributed by atoms with E-state index >= 15 is 0 Å². The Morgan fingerprint density at radius 3 is 1.81 bits per heavy atom. The van der Waals surface area contributed by atoms with Gasteiger partial charge in [-0.3, -0.25) is 0 Å². The van der Waals surface area contributed by atoms with Crippen LogP contribution in [0.2, 0.25) is 0 Å². The second kappa shape index (κ2) is 18.2. The number of fused-ring (bicyclic) bond motifs is 4. The van der Waals surface area contributed by atoms with Crippen LogP contribution in [0.1, 0.15) is 23.1 Å². The van der Waals surface area contributed by atoms with Crippen LogP contribution in [0.5, 0.6) is 0 Å². The van der Waals surface area contributed by atoms with Crippen molar-refractivity contribution in [2.75, 3.05) is 0 Å². The molecule has 0 bridgehead atoms. The Hall–Kier alpha value is -8.99. The van der Waals surface area contributed by atoms with Gasteiger partial charge in [0.2, 0.25) is 5.90 Å². The molecule has 1 aromatic heterocycles. The number of hydrogen-bond donors (Lipinski definition) is 0. The molecule has 0 spiro atoms. The molecule has 3 aliphatic rings. The van der Waals surface area contributed by atoms with Crippen LogP contribution >= 0.6 is 0 Å².